The van der Waals surface area contributed by atoms with Crippen molar-refractivity contribution in [1.82, 2.24) is 4.98 Å². The fraction of sp³-hybridized carbons (Fsp3) is 0.412. The summed E-state index contributed by atoms with van der Waals surface area (Å²) in [7, 11) is 0. The van der Waals surface area contributed by atoms with Gasteiger partial charge in [0.25, 0.3) is 0 Å². The van der Waals surface area contributed by atoms with E-state index in [-0.39, 0.29) is 11.6 Å². The van der Waals surface area contributed by atoms with Gasteiger partial charge in [-0.25, -0.2) is 0 Å². The smallest absolute Gasteiger partial charge is 0.191 e. The van der Waals surface area contributed by atoms with E-state index >= 15 is 0 Å². The van der Waals surface area contributed by atoms with Crippen molar-refractivity contribution in [2.45, 2.75) is 25.2 Å². The molecule has 2 aliphatic rings. The van der Waals surface area contributed by atoms with Crippen LogP contribution in [0.15, 0.2) is 30.0 Å². The molecule has 1 heterocycles. The number of rotatable bonds is 1. The van der Waals surface area contributed by atoms with Crippen LogP contribution in [0.5, 0.6) is 0 Å². The highest BCUT2D eigenvalue weighted by molar-refractivity contribution is 6.00. The molecule has 1 fully saturated rings. The lowest BCUT2D eigenvalue weighted by Gasteiger charge is -2.45. The predicted molar refractivity (Wildman–Crippen MR) is 79.4 cm³/mol. The van der Waals surface area contributed by atoms with Crippen LogP contribution >= 0.6 is 0 Å². The number of nitrogens with zero attached hydrogens (tertiary/aromatic N) is 3. The molecule has 0 spiro atoms. The maximum absolute atomic E-state index is 9.73. The lowest BCUT2D eigenvalue weighted by atomic mass is 9.54. The monoisotopic (exact) mass is 289 g/mol. The number of fused-ring (bicyclic) bond motifs is 1. The average molecular weight is 289 g/mol. The fourth-order valence-corrected chi connectivity index (χ4v) is 3.89. The van der Waals surface area contributed by atoms with Gasteiger partial charge in [-0.1, -0.05) is 6.08 Å². The Kier molecular flexibility index (Phi) is 3.32. The van der Waals surface area contributed by atoms with Crippen LogP contribution in [-0.2, 0) is 0 Å². The number of aromatic nitrogens is 1. The van der Waals surface area contributed by atoms with Gasteiger partial charge in [0, 0.05) is 17.8 Å². The molecule has 0 aliphatic heterocycles. The first-order chi connectivity index (χ1) is 10.7. The Morgan fingerprint density at radius 2 is 2.05 bits per heavy atom. The third-order valence-electron chi connectivity index (χ3n) is 4.88. The van der Waals surface area contributed by atoms with Crippen molar-refractivity contribution in [3.05, 3.63) is 35.7 Å². The molecule has 2 N–H and O–H groups in total. The molecule has 1 aromatic heterocycles. The van der Waals surface area contributed by atoms with Gasteiger partial charge < -0.3 is 10.4 Å². The molecule has 0 amide bonds. The molecule has 1 aromatic rings. The van der Waals surface area contributed by atoms with E-state index in [2.05, 4.69) is 23.2 Å². The minimum atomic E-state index is -1.58. The normalized spacial score (nSPS) is 29.4. The Hall–Kier alpha value is -2.84. The van der Waals surface area contributed by atoms with Crippen LogP contribution in [0, 0.1) is 56.7 Å². The number of aromatic amines is 1. The molecule has 0 aromatic carbocycles. The van der Waals surface area contributed by atoms with Crippen LogP contribution in [0.3, 0.4) is 0 Å². The number of hydrogen-bond acceptors (Lipinski definition) is 4. The second-order valence-corrected chi connectivity index (χ2v) is 5.85. The highest BCUT2D eigenvalue weighted by atomic mass is 14.7. The van der Waals surface area contributed by atoms with Crippen LogP contribution < -0.4 is 0 Å². The standard InChI is InChI=1S/C17H15N5/c18-8-13-11-4-1-2-5-12(11)15(14-6-3-7-22-14)17(9-19,10-20)16(13)21/h3-4,6-7,12-13,15,21-22H,1-2,5H2/t12-,13+,15+/m1/s1. The molecule has 1 saturated carbocycles. The Labute approximate surface area is 129 Å². The molecule has 5 heteroatoms. The third-order valence-corrected chi connectivity index (χ3v) is 4.88. The van der Waals surface area contributed by atoms with Crippen LogP contribution in [0.2, 0.25) is 0 Å². The molecule has 0 bridgehead atoms. The largest absolute Gasteiger partial charge is 0.365 e. The summed E-state index contributed by atoms with van der Waals surface area (Å²) < 4.78 is 0. The zero-order valence-electron chi connectivity index (χ0n) is 12.0. The molecule has 0 radical (unpaired) electrons. The number of hydrogen-bond donors (Lipinski definition) is 2. The van der Waals surface area contributed by atoms with Gasteiger partial charge in [-0.3, -0.25) is 0 Å². The third kappa shape index (κ3) is 1.71. The van der Waals surface area contributed by atoms with Gasteiger partial charge in [0.15, 0.2) is 5.41 Å². The van der Waals surface area contributed by atoms with E-state index in [1.165, 1.54) is 0 Å². The molecule has 5 nitrogen and oxygen atoms in total. The first-order valence-electron chi connectivity index (χ1n) is 7.34. The molecular weight excluding hydrogens is 274 g/mol. The van der Waals surface area contributed by atoms with Crippen LogP contribution in [0.25, 0.3) is 0 Å². The van der Waals surface area contributed by atoms with E-state index in [1.54, 1.807) is 6.20 Å². The predicted octanol–water partition coefficient (Wildman–Crippen LogP) is 3.03. The van der Waals surface area contributed by atoms with Crippen LogP contribution in [0.4, 0.5) is 0 Å². The quantitative estimate of drug-likeness (QED) is 0.775. The summed E-state index contributed by atoms with van der Waals surface area (Å²) in [5.41, 5.74) is 0.0513. The van der Waals surface area contributed by atoms with E-state index in [1.807, 2.05) is 18.2 Å². The number of allylic oxidation sites excluding steroid dienone is 2. The highest BCUT2D eigenvalue weighted by Crippen LogP contribution is 2.54. The maximum Gasteiger partial charge on any atom is 0.191 e. The van der Waals surface area contributed by atoms with E-state index < -0.39 is 17.3 Å². The molecule has 3 rings (SSSR count). The van der Waals surface area contributed by atoms with Gasteiger partial charge in [-0.2, -0.15) is 15.8 Å². The molecule has 108 valence electrons. The second-order valence-electron chi connectivity index (χ2n) is 5.85. The number of nitriles is 3. The van der Waals surface area contributed by atoms with E-state index in [0.717, 1.165) is 30.5 Å². The number of H-pyrrole nitrogens is 1. The van der Waals surface area contributed by atoms with Gasteiger partial charge in [-0.05, 0) is 42.9 Å². The average Bonchev–Trinajstić information content (AvgIpc) is 3.08. The highest BCUT2D eigenvalue weighted by Gasteiger charge is 2.57. The lowest BCUT2D eigenvalue weighted by molar-refractivity contribution is 0.315. The van der Waals surface area contributed by atoms with E-state index in [4.69, 9.17) is 5.41 Å². The minimum absolute atomic E-state index is 0.0366. The van der Waals surface area contributed by atoms with E-state index in [0.29, 0.717) is 0 Å². The zero-order valence-corrected chi connectivity index (χ0v) is 12.0. The first-order valence-corrected chi connectivity index (χ1v) is 7.34. The Morgan fingerprint density at radius 3 is 2.64 bits per heavy atom. The van der Waals surface area contributed by atoms with Crippen LogP contribution in [-0.4, -0.2) is 10.7 Å². The lowest BCUT2D eigenvalue weighted by Crippen LogP contribution is -2.48. The second kappa shape index (κ2) is 5.17. The summed E-state index contributed by atoms with van der Waals surface area (Å²) in [4.78, 5) is 3.11. The molecule has 2 aliphatic carbocycles. The summed E-state index contributed by atoms with van der Waals surface area (Å²) >= 11 is 0. The maximum atomic E-state index is 9.73. The summed E-state index contributed by atoms with van der Waals surface area (Å²) in [6, 6.07) is 9.97. The van der Waals surface area contributed by atoms with Crippen molar-refractivity contribution in [2.75, 3.05) is 0 Å². The van der Waals surface area contributed by atoms with Gasteiger partial charge in [0.1, 0.15) is 5.92 Å². The molecule has 0 saturated heterocycles. The molecular formula is C17H15N5. The van der Waals surface area contributed by atoms with Crippen LogP contribution in [0.1, 0.15) is 30.9 Å². The summed E-state index contributed by atoms with van der Waals surface area (Å²) in [5, 5.41) is 37.3. The van der Waals surface area contributed by atoms with Crippen molar-refractivity contribution in [3.63, 3.8) is 0 Å². The van der Waals surface area contributed by atoms with Crippen molar-refractivity contribution in [3.8, 4) is 18.2 Å². The van der Waals surface area contributed by atoms with Crippen molar-refractivity contribution in [1.29, 1.82) is 21.2 Å². The van der Waals surface area contributed by atoms with Gasteiger partial charge in [-0.15, -0.1) is 0 Å². The fourth-order valence-electron chi connectivity index (χ4n) is 3.89. The van der Waals surface area contributed by atoms with Gasteiger partial charge in [0.2, 0.25) is 0 Å². The minimum Gasteiger partial charge on any atom is -0.365 e. The SMILES string of the molecule is N#C[C@@H]1C(=N)C(C#N)(C#N)[C@H](c2ccc[nH]2)[C@@H]2CCCC=C12. The van der Waals surface area contributed by atoms with Crippen molar-refractivity contribution >= 4 is 5.71 Å². The Morgan fingerprint density at radius 1 is 1.27 bits per heavy atom. The van der Waals surface area contributed by atoms with E-state index in [9.17, 15) is 15.8 Å². The molecule has 3 atom stereocenters. The van der Waals surface area contributed by atoms with Gasteiger partial charge in [0.05, 0.1) is 23.9 Å². The zero-order chi connectivity index (χ0) is 15.7. The molecule has 22 heavy (non-hydrogen) atoms. The first kappa shape index (κ1) is 14.1. The Bertz CT molecular complexity index is 736. The summed E-state index contributed by atoms with van der Waals surface area (Å²) in [5.74, 6) is -1.21. The van der Waals surface area contributed by atoms with Gasteiger partial charge >= 0.3 is 0 Å². The van der Waals surface area contributed by atoms with Crippen molar-refractivity contribution in [2.24, 2.45) is 17.3 Å². The Balaban J connectivity index is 2.25. The molecule has 0 unspecified atom stereocenters. The van der Waals surface area contributed by atoms with Crippen molar-refractivity contribution < 1.29 is 0 Å². The summed E-state index contributed by atoms with van der Waals surface area (Å²) in [6.45, 7) is 0. The number of nitrogens with one attached hydrogen (secondary N) is 2. The topological polar surface area (TPSA) is 111 Å². The summed E-state index contributed by atoms with van der Waals surface area (Å²) in [6.07, 6.45) is 6.50.